The number of aryl methyl sites for hydroxylation is 1. The maximum atomic E-state index is 12.2. The van der Waals surface area contributed by atoms with Crippen LogP contribution in [0.3, 0.4) is 0 Å². The highest BCUT2D eigenvalue weighted by molar-refractivity contribution is 7.13. The second-order valence-electron chi connectivity index (χ2n) is 4.49. The smallest absolute Gasteiger partial charge is 0.347 e. The Hall–Kier alpha value is -1.92. The van der Waals surface area contributed by atoms with Crippen molar-refractivity contribution in [2.75, 3.05) is 5.32 Å². The molecule has 21 heavy (non-hydrogen) atoms. The van der Waals surface area contributed by atoms with E-state index in [9.17, 15) is 9.59 Å². The largest absolute Gasteiger partial charge is 0.477 e. The van der Waals surface area contributed by atoms with E-state index in [2.05, 4.69) is 10.3 Å². The predicted molar refractivity (Wildman–Crippen MR) is 82.3 cm³/mol. The molecule has 1 heterocycles. The molecule has 0 aliphatic carbocycles. The first-order valence-electron chi connectivity index (χ1n) is 6.15. The van der Waals surface area contributed by atoms with Gasteiger partial charge in [-0.15, -0.1) is 11.3 Å². The average molecular weight is 325 g/mol. The molecule has 1 aromatic carbocycles. The minimum absolute atomic E-state index is 0.163. The number of rotatable bonds is 4. The summed E-state index contributed by atoms with van der Waals surface area (Å²) in [6.45, 7) is 3.31. The molecule has 5 nitrogen and oxygen atoms in total. The number of benzene rings is 1. The highest BCUT2D eigenvalue weighted by Gasteiger charge is 2.22. The van der Waals surface area contributed by atoms with Crippen LogP contribution >= 0.6 is 22.9 Å². The zero-order valence-electron chi connectivity index (χ0n) is 11.4. The third-order valence-corrected chi connectivity index (χ3v) is 4.46. The maximum absolute atomic E-state index is 12.2. The normalized spacial score (nSPS) is 12.0. The molecule has 0 saturated heterocycles. The van der Waals surface area contributed by atoms with Crippen molar-refractivity contribution in [3.63, 3.8) is 0 Å². The fraction of sp³-hybridized carbons (Fsp3) is 0.214. The molecule has 0 bridgehead atoms. The zero-order valence-corrected chi connectivity index (χ0v) is 13.0. The fourth-order valence-electron chi connectivity index (χ4n) is 1.70. The minimum Gasteiger partial charge on any atom is -0.477 e. The number of aromatic nitrogens is 1. The Morgan fingerprint density at radius 3 is 2.48 bits per heavy atom. The lowest BCUT2D eigenvalue weighted by Gasteiger charge is -2.09. The second-order valence-corrected chi connectivity index (χ2v) is 5.96. The van der Waals surface area contributed by atoms with Crippen LogP contribution in [0.4, 0.5) is 5.69 Å². The zero-order chi connectivity index (χ0) is 15.6. The maximum Gasteiger partial charge on any atom is 0.347 e. The van der Waals surface area contributed by atoms with Crippen molar-refractivity contribution in [3.05, 3.63) is 44.9 Å². The van der Waals surface area contributed by atoms with Gasteiger partial charge >= 0.3 is 5.97 Å². The van der Waals surface area contributed by atoms with Gasteiger partial charge in [0.05, 0.1) is 11.6 Å². The molecule has 0 spiro atoms. The number of amides is 1. The summed E-state index contributed by atoms with van der Waals surface area (Å²) in [6.07, 6.45) is 0. The Morgan fingerprint density at radius 2 is 1.95 bits per heavy atom. The van der Waals surface area contributed by atoms with Gasteiger partial charge in [0.2, 0.25) is 5.91 Å². The molecule has 0 radical (unpaired) electrons. The molecule has 2 aromatic rings. The Labute approximate surface area is 130 Å². The molecule has 1 aromatic heterocycles. The van der Waals surface area contributed by atoms with Gasteiger partial charge in [-0.2, -0.15) is 0 Å². The Bertz CT molecular complexity index is 682. The molecule has 0 saturated carbocycles. The molecule has 1 atom stereocenters. The van der Waals surface area contributed by atoms with E-state index >= 15 is 0 Å². The van der Waals surface area contributed by atoms with Crippen molar-refractivity contribution >= 4 is 40.5 Å². The number of aromatic carboxylic acids is 1. The van der Waals surface area contributed by atoms with Crippen LogP contribution in [-0.4, -0.2) is 22.0 Å². The Balaban J connectivity index is 2.13. The summed E-state index contributed by atoms with van der Waals surface area (Å²) in [7, 11) is 0. The summed E-state index contributed by atoms with van der Waals surface area (Å²) in [4.78, 5) is 27.5. The Morgan fingerprint density at radius 1 is 1.33 bits per heavy atom. The van der Waals surface area contributed by atoms with Gasteiger partial charge in [-0.25, -0.2) is 9.78 Å². The molecule has 0 fully saturated rings. The van der Waals surface area contributed by atoms with E-state index in [1.54, 1.807) is 38.1 Å². The van der Waals surface area contributed by atoms with Gasteiger partial charge in [0.25, 0.3) is 0 Å². The van der Waals surface area contributed by atoms with Gasteiger partial charge in [0.1, 0.15) is 9.88 Å². The van der Waals surface area contributed by atoms with Gasteiger partial charge in [-0.3, -0.25) is 4.79 Å². The molecule has 2 N–H and O–H groups in total. The minimum atomic E-state index is -1.03. The first-order chi connectivity index (χ1) is 9.88. The number of nitrogens with one attached hydrogen (secondary N) is 1. The molecule has 0 unspecified atom stereocenters. The summed E-state index contributed by atoms with van der Waals surface area (Å²) in [5, 5.41) is 12.8. The van der Waals surface area contributed by atoms with E-state index in [1.165, 1.54) is 0 Å². The molecule has 7 heteroatoms. The van der Waals surface area contributed by atoms with Gasteiger partial charge < -0.3 is 10.4 Å². The number of halogens is 1. The molecular weight excluding hydrogens is 312 g/mol. The first kappa shape index (κ1) is 15.5. The van der Waals surface area contributed by atoms with Gasteiger partial charge in [0, 0.05) is 10.7 Å². The third kappa shape index (κ3) is 3.59. The SMILES string of the molecule is Cc1nc([C@@H](C)C(=O)Nc2ccc(Cl)cc2)sc1C(=O)O. The second kappa shape index (κ2) is 6.24. The van der Waals surface area contributed by atoms with Crippen LogP contribution in [0.5, 0.6) is 0 Å². The number of hydrogen-bond donors (Lipinski definition) is 2. The van der Waals surface area contributed by atoms with E-state index in [4.69, 9.17) is 16.7 Å². The van der Waals surface area contributed by atoms with Gasteiger partial charge in [-0.1, -0.05) is 11.6 Å². The van der Waals surface area contributed by atoms with Crippen LogP contribution in [0.15, 0.2) is 24.3 Å². The monoisotopic (exact) mass is 324 g/mol. The summed E-state index contributed by atoms with van der Waals surface area (Å²) in [5.74, 6) is -1.80. The molecule has 110 valence electrons. The van der Waals surface area contributed by atoms with E-state index in [1.807, 2.05) is 0 Å². The van der Waals surface area contributed by atoms with Crippen molar-refractivity contribution in [2.45, 2.75) is 19.8 Å². The van der Waals surface area contributed by atoms with Crippen LogP contribution in [0.25, 0.3) is 0 Å². The number of carboxylic acids is 1. The third-order valence-electron chi connectivity index (χ3n) is 2.88. The van der Waals surface area contributed by atoms with Crippen molar-refractivity contribution in [1.82, 2.24) is 4.98 Å². The number of hydrogen-bond acceptors (Lipinski definition) is 4. The first-order valence-corrected chi connectivity index (χ1v) is 7.35. The lowest BCUT2D eigenvalue weighted by Crippen LogP contribution is -2.18. The number of anilines is 1. The molecule has 2 rings (SSSR count). The quantitative estimate of drug-likeness (QED) is 0.901. The molecule has 1 amide bonds. The molecular formula is C14H13ClN2O3S. The van der Waals surface area contributed by atoms with Crippen LogP contribution in [0.1, 0.15) is 33.2 Å². The number of carboxylic acid groups (broad SMARTS) is 1. The molecule has 0 aliphatic heterocycles. The van der Waals surface area contributed by atoms with Crippen LogP contribution < -0.4 is 5.32 Å². The standard InChI is InChI=1S/C14H13ClN2O3S/c1-7(13-16-8(2)11(21-13)14(19)20)12(18)17-10-5-3-9(15)4-6-10/h3-7H,1-2H3,(H,17,18)(H,19,20)/t7-/m0/s1. The summed E-state index contributed by atoms with van der Waals surface area (Å²) >= 11 is 6.80. The number of nitrogens with zero attached hydrogens (tertiary/aromatic N) is 1. The van der Waals surface area contributed by atoms with Gasteiger partial charge in [0.15, 0.2) is 0 Å². The van der Waals surface area contributed by atoms with Crippen molar-refractivity contribution in [1.29, 1.82) is 0 Å². The van der Waals surface area contributed by atoms with Crippen LogP contribution in [0.2, 0.25) is 5.02 Å². The van der Waals surface area contributed by atoms with E-state index in [0.717, 1.165) is 11.3 Å². The van der Waals surface area contributed by atoms with Crippen LogP contribution in [0, 0.1) is 6.92 Å². The van der Waals surface area contributed by atoms with E-state index < -0.39 is 11.9 Å². The van der Waals surface area contributed by atoms with E-state index in [-0.39, 0.29) is 10.8 Å². The van der Waals surface area contributed by atoms with Crippen molar-refractivity contribution < 1.29 is 14.7 Å². The van der Waals surface area contributed by atoms with Crippen molar-refractivity contribution in [2.24, 2.45) is 0 Å². The number of carbonyl (C=O) groups is 2. The van der Waals surface area contributed by atoms with Crippen LogP contribution in [-0.2, 0) is 4.79 Å². The summed E-state index contributed by atoms with van der Waals surface area (Å²) in [5.41, 5.74) is 1.05. The topological polar surface area (TPSA) is 79.3 Å². The van der Waals surface area contributed by atoms with Gasteiger partial charge in [-0.05, 0) is 38.1 Å². The lowest BCUT2D eigenvalue weighted by molar-refractivity contribution is -0.117. The highest BCUT2D eigenvalue weighted by Crippen LogP contribution is 2.26. The molecule has 0 aliphatic rings. The fourth-order valence-corrected chi connectivity index (χ4v) is 2.78. The highest BCUT2D eigenvalue weighted by atomic mass is 35.5. The predicted octanol–water partition coefficient (Wildman–Crippen LogP) is 3.55. The summed E-state index contributed by atoms with van der Waals surface area (Å²) in [6, 6.07) is 6.75. The lowest BCUT2D eigenvalue weighted by atomic mass is 10.1. The Kier molecular flexibility index (Phi) is 4.59. The van der Waals surface area contributed by atoms with E-state index in [0.29, 0.717) is 21.4 Å². The van der Waals surface area contributed by atoms with Crippen molar-refractivity contribution in [3.8, 4) is 0 Å². The average Bonchev–Trinajstić information content (AvgIpc) is 2.82. The number of carbonyl (C=O) groups excluding carboxylic acids is 1. The number of thiazole rings is 1. The summed E-state index contributed by atoms with van der Waals surface area (Å²) < 4.78 is 0.